The molecule has 0 aliphatic rings. The first-order chi connectivity index (χ1) is 10.2. The number of rotatable bonds is 7. The van der Waals surface area contributed by atoms with Crippen LogP contribution in [0.5, 0.6) is 0 Å². The fraction of sp³-hybridized carbons (Fsp3) is 0.429. The Morgan fingerprint density at radius 3 is 2.86 bits per heavy atom. The van der Waals surface area contributed by atoms with Crippen molar-refractivity contribution in [3.63, 3.8) is 0 Å². The van der Waals surface area contributed by atoms with Crippen molar-refractivity contribution >= 4 is 17.6 Å². The van der Waals surface area contributed by atoms with E-state index < -0.39 is 5.82 Å². The normalized spacial score (nSPS) is 11.1. The summed E-state index contributed by atoms with van der Waals surface area (Å²) in [5.41, 5.74) is 0.418. The number of guanidine groups is 1. The molecule has 116 valence electrons. The topological polar surface area (TPSA) is 74.8 Å². The molecule has 0 saturated carbocycles. The summed E-state index contributed by atoms with van der Waals surface area (Å²) in [6.07, 6.45) is 0. The number of carbonyl (C=O) groups is 1. The number of carbonyl (C=O) groups excluding carboxylic acids is 1. The van der Waals surface area contributed by atoms with E-state index in [-0.39, 0.29) is 12.5 Å². The van der Waals surface area contributed by atoms with Crippen molar-refractivity contribution in [2.24, 2.45) is 4.99 Å². The molecular weight excluding hydrogens is 275 g/mol. The highest BCUT2D eigenvalue weighted by Crippen LogP contribution is 2.08. The van der Waals surface area contributed by atoms with E-state index in [0.29, 0.717) is 31.4 Å². The highest BCUT2D eigenvalue weighted by atomic mass is 19.1. The molecule has 3 N–H and O–H groups in total. The van der Waals surface area contributed by atoms with E-state index in [1.54, 1.807) is 13.1 Å². The maximum Gasteiger partial charge on any atom is 0.243 e. The van der Waals surface area contributed by atoms with Crippen molar-refractivity contribution < 1.29 is 13.9 Å². The van der Waals surface area contributed by atoms with Gasteiger partial charge in [0, 0.05) is 25.9 Å². The highest BCUT2D eigenvalue weighted by Gasteiger charge is 2.04. The molecule has 21 heavy (non-hydrogen) atoms. The van der Waals surface area contributed by atoms with Crippen LogP contribution in [0.25, 0.3) is 0 Å². The summed E-state index contributed by atoms with van der Waals surface area (Å²) in [6, 6.07) is 5.73. The van der Waals surface area contributed by atoms with Gasteiger partial charge in [0.25, 0.3) is 0 Å². The van der Waals surface area contributed by atoms with Gasteiger partial charge >= 0.3 is 0 Å². The summed E-state index contributed by atoms with van der Waals surface area (Å²) in [5, 5.41) is 8.45. The Morgan fingerprint density at radius 1 is 1.38 bits per heavy atom. The molecule has 1 aromatic rings. The zero-order chi connectivity index (χ0) is 15.5. The van der Waals surface area contributed by atoms with Gasteiger partial charge in [-0.2, -0.15) is 0 Å². The average Bonchev–Trinajstić information content (AvgIpc) is 2.46. The summed E-state index contributed by atoms with van der Waals surface area (Å²) in [5.74, 6) is -0.174. The van der Waals surface area contributed by atoms with E-state index in [1.807, 2.05) is 6.92 Å². The van der Waals surface area contributed by atoms with Gasteiger partial charge in [0.15, 0.2) is 5.96 Å². The maximum atomic E-state index is 13.0. The largest absolute Gasteiger partial charge is 0.380 e. The minimum Gasteiger partial charge on any atom is -0.380 e. The minimum absolute atomic E-state index is 0.0326. The van der Waals surface area contributed by atoms with Gasteiger partial charge < -0.3 is 20.7 Å². The Morgan fingerprint density at radius 2 is 2.19 bits per heavy atom. The molecule has 0 saturated heterocycles. The standard InChI is InChI=1S/C14H21FN4O2/c1-3-21-8-7-17-14(16-2)18-10-13(20)19-12-6-4-5-11(15)9-12/h4-6,9H,3,7-8,10H2,1-2H3,(H,19,20)(H2,16,17,18). The van der Waals surface area contributed by atoms with Crippen molar-refractivity contribution in [3.05, 3.63) is 30.1 Å². The molecule has 0 radical (unpaired) electrons. The lowest BCUT2D eigenvalue weighted by atomic mass is 10.3. The summed E-state index contributed by atoms with van der Waals surface area (Å²) in [4.78, 5) is 15.7. The lowest BCUT2D eigenvalue weighted by Crippen LogP contribution is -2.42. The number of halogens is 1. The second-order valence-electron chi connectivity index (χ2n) is 4.11. The molecule has 6 nitrogen and oxygen atoms in total. The molecule has 0 unspecified atom stereocenters. The van der Waals surface area contributed by atoms with Crippen LogP contribution in [0.2, 0.25) is 0 Å². The van der Waals surface area contributed by atoms with E-state index >= 15 is 0 Å². The van der Waals surface area contributed by atoms with Gasteiger partial charge in [-0.1, -0.05) is 6.07 Å². The second-order valence-corrected chi connectivity index (χ2v) is 4.11. The Labute approximate surface area is 123 Å². The van der Waals surface area contributed by atoms with Crippen molar-refractivity contribution in [1.82, 2.24) is 10.6 Å². The lowest BCUT2D eigenvalue weighted by molar-refractivity contribution is -0.115. The van der Waals surface area contributed by atoms with Crippen LogP contribution in [0.1, 0.15) is 6.92 Å². The van der Waals surface area contributed by atoms with Crippen LogP contribution in [0, 0.1) is 5.82 Å². The quantitative estimate of drug-likeness (QED) is 0.398. The number of nitrogens with one attached hydrogen (secondary N) is 3. The molecule has 0 aliphatic carbocycles. The molecule has 1 rings (SSSR count). The van der Waals surface area contributed by atoms with Crippen LogP contribution >= 0.6 is 0 Å². The second kappa shape index (κ2) is 9.71. The summed E-state index contributed by atoms with van der Waals surface area (Å²) >= 11 is 0. The van der Waals surface area contributed by atoms with Gasteiger partial charge in [-0.3, -0.25) is 9.79 Å². The molecule has 7 heteroatoms. The Bertz CT molecular complexity index is 480. The van der Waals surface area contributed by atoms with Crippen molar-refractivity contribution in [2.45, 2.75) is 6.92 Å². The molecule has 0 spiro atoms. The van der Waals surface area contributed by atoms with Crippen molar-refractivity contribution in [3.8, 4) is 0 Å². The van der Waals surface area contributed by atoms with E-state index in [9.17, 15) is 9.18 Å². The average molecular weight is 296 g/mol. The van der Waals surface area contributed by atoms with Gasteiger partial charge in [0.05, 0.1) is 13.2 Å². The lowest BCUT2D eigenvalue weighted by Gasteiger charge is -2.12. The van der Waals surface area contributed by atoms with Crippen LogP contribution < -0.4 is 16.0 Å². The van der Waals surface area contributed by atoms with E-state index in [2.05, 4.69) is 20.9 Å². The van der Waals surface area contributed by atoms with Crippen LogP contribution in [0.3, 0.4) is 0 Å². The third kappa shape index (κ3) is 7.26. The monoisotopic (exact) mass is 296 g/mol. The number of aliphatic imine (C=N–C) groups is 1. The number of anilines is 1. The maximum absolute atomic E-state index is 13.0. The molecule has 0 bridgehead atoms. The minimum atomic E-state index is -0.394. The fourth-order valence-electron chi connectivity index (χ4n) is 1.54. The zero-order valence-electron chi connectivity index (χ0n) is 12.3. The Kier molecular flexibility index (Phi) is 7.81. The molecule has 0 aromatic heterocycles. The van der Waals surface area contributed by atoms with Gasteiger partial charge in [-0.05, 0) is 25.1 Å². The van der Waals surface area contributed by atoms with Crippen LogP contribution in [-0.2, 0) is 9.53 Å². The van der Waals surface area contributed by atoms with Gasteiger partial charge in [-0.15, -0.1) is 0 Å². The predicted molar refractivity (Wildman–Crippen MR) is 80.9 cm³/mol. The number of nitrogens with zero attached hydrogens (tertiary/aromatic N) is 1. The first kappa shape index (κ1) is 16.9. The SMILES string of the molecule is CCOCCNC(=NC)NCC(=O)Nc1cccc(F)c1. The van der Waals surface area contributed by atoms with Gasteiger partial charge in [0.2, 0.25) is 5.91 Å². The van der Waals surface area contributed by atoms with Gasteiger partial charge in [0.1, 0.15) is 5.82 Å². The third-order valence-electron chi connectivity index (χ3n) is 2.49. The molecular formula is C14H21FN4O2. The summed E-state index contributed by atoms with van der Waals surface area (Å²) < 4.78 is 18.2. The van der Waals surface area contributed by atoms with E-state index in [4.69, 9.17) is 4.74 Å². The van der Waals surface area contributed by atoms with Crippen LogP contribution in [0.4, 0.5) is 10.1 Å². The predicted octanol–water partition coefficient (Wildman–Crippen LogP) is 0.966. The number of hydrogen-bond acceptors (Lipinski definition) is 3. The van der Waals surface area contributed by atoms with Crippen LogP contribution in [-0.4, -0.2) is 45.2 Å². The zero-order valence-corrected chi connectivity index (χ0v) is 12.3. The fourth-order valence-corrected chi connectivity index (χ4v) is 1.54. The Hall–Kier alpha value is -2.15. The molecule has 0 atom stereocenters. The molecule has 1 aromatic carbocycles. The Balaban J connectivity index is 2.30. The molecule has 0 aliphatic heterocycles. The number of hydrogen-bond donors (Lipinski definition) is 3. The molecule has 1 amide bonds. The summed E-state index contributed by atoms with van der Waals surface area (Å²) in [7, 11) is 1.61. The number of ether oxygens (including phenoxy) is 1. The first-order valence-electron chi connectivity index (χ1n) is 6.73. The van der Waals surface area contributed by atoms with Crippen molar-refractivity contribution in [2.75, 3.05) is 38.7 Å². The molecule has 0 heterocycles. The summed E-state index contributed by atoms with van der Waals surface area (Å²) in [6.45, 7) is 3.77. The van der Waals surface area contributed by atoms with E-state index in [1.165, 1.54) is 18.2 Å². The van der Waals surface area contributed by atoms with Crippen LogP contribution in [0.15, 0.2) is 29.3 Å². The smallest absolute Gasteiger partial charge is 0.243 e. The first-order valence-corrected chi connectivity index (χ1v) is 6.73. The highest BCUT2D eigenvalue weighted by molar-refractivity contribution is 5.94. The van der Waals surface area contributed by atoms with E-state index in [0.717, 1.165) is 0 Å². The number of benzene rings is 1. The van der Waals surface area contributed by atoms with Gasteiger partial charge in [-0.25, -0.2) is 4.39 Å². The van der Waals surface area contributed by atoms with Crippen molar-refractivity contribution in [1.29, 1.82) is 0 Å². The number of amides is 1. The molecule has 0 fully saturated rings. The third-order valence-corrected chi connectivity index (χ3v) is 2.49.